The Morgan fingerprint density at radius 1 is 1.06 bits per heavy atom. The molecular formula is C14H19NO. The zero-order valence-electron chi connectivity index (χ0n) is 9.64. The van der Waals surface area contributed by atoms with Crippen molar-refractivity contribution in [2.45, 2.75) is 50.6 Å². The van der Waals surface area contributed by atoms with E-state index < -0.39 is 0 Å². The summed E-state index contributed by atoms with van der Waals surface area (Å²) >= 11 is 0. The minimum absolute atomic E-state index is 0.264. The molecule has 2 nitrogen and oxygen atoms in total. The third-order valence-corrected chi connectivity index (χ3v) is 4.19. The molecule has 16 heavy (non-hydrogen) atoms. The summed E-state index contributed by atoms with van der Waals surface area (Å²) in [5, 5.41) is 0. The first-order chi connectivity index (χ1) is 7.86. The van der Waals surface area contributed by atoms with Gasteiger partial charge in [-0.1, -0.05) is 24.3 Å². The van der Waals surface area contributed by atoms with E-state index in [-0.39, 0.29) is 5.92 Å². The predicted octanol–water partition coefficient (Wildman–Crippen LogP) is 2.66. The molecule has 0 N–H and O–H groups in total. The molecule has 3 rings (SSSR count). The molecule has 2 bridgehead atoms. The van der Waals surface area contributed by atoms with Gasteiger partial charge in [-0.05, 0) is 38.5 Å². The molecule has 0 aromatic carbocycles. The van der Waals surface area contributed by atoms with Gasteiger partial charge in [0.25, 0.3) is 0 Å². The maximum atomic E-state index is 12.5. The van der Waals surface area contributed by atoms with E-state index in [9.17, 15) is 4.79 Å². The van der Waals surface area contributed by atoms with Crippen LogP contribution in [0.2, 0.25) is 0 Å². The van der Waals surface area contributed by atoms with Crippen molar-refractivity contribution in [3.8, 4) is 0 Å². The van der Waals surface area contributed by atoms with Crippen LogP contribution in [0.3, 0.4) is 0 Å². The van der Waals surface area contributed by atoms with Crippen LogP contribution in [-0.4, -0.2) is 22.9 Å². The second-order valence-electron chi connectivity index (χ2n) is 5.19. The van der Waals surface area contributed by atoms with Crippen LogP contribution in [0.5, 0.6) is 0 Å². The van der Waals surface area contributed by atoms with Crippen molar-refractivity contribution in [2.24, 2.45) is 5.92 Å². The lowest BCUT2D eigenvalue weighted by Gasteiger charge is -2.34. The van der Waals surface area contributed by atoms with Crippen molar-refractivity contribution in [2.75, 3.05) is 0 Å². The molecule has 3 aliphatic rings. The summed E-state index contributed by atoms with van der Waals surface area (Å²) in [5.41, 5.74) is 0. The van der Waals surface area contributed by atoms with Crippen molar-refractivity contribution in [1.82, 2.24) is 4.90 Å². The Balaban J connectivity index is 1.75. The van der Waals surface area contributed by atoms with Crippen LogP contribution in [0.15, 0.2) is 24.3 Å². The van der Waals surface area contributed by atoms with Crippen LogP contribution in [-0.2, 0) is 4.79 Å². The predicted molar refractivity (Wildman–Crippen MR) is 63.9 cm³/mol. The zero-order chi connectivity index (χ0) is 11.0. The van der Waals surface area contributed by atoms with Crippen LogP contribution < -0.4 is 0 Å². The summed E-state index contributed by atoms with van der Waals surface area (Å²) in [6.07, 6.45) is 15.4. The summed E-state index contributed by atoms with van der Waals surface area (Å²) in [6, 6.07) is 0.922. The summed E-state index contributed by atoms with van der Waals surface area (Å²) in [6.45, 7) is 0. The largest absolute Gasteiger partial charge is 0.333 e. The lowest BCUT2D eigenvalue weighted by atomic mass is 9.92. The summed E-state index contributed by atoms with van der Waals surface area (Å²) in [7, 11) is 0. The van der Waals surface area contributed by atoms with Crippen LogP contribution in [0.1, 0.15) is 38.5 Å². The van der Waals surface area contributed by atoms with Gasteiger partial charge in [0.2, 0.25) is 5.91 Å². The maximum absolute atomic E-state index is 12.5. The highest BCUT2D eigenvalue weighted by Crippen LogP contribution is 2.34. The molecule has 1 saturated heterocycles. The molecule has 1 aliphatic carbocycles. The quantitative estimate of drug-likeness (QED) is 0.618. The standard InChI is InChI=1S/C14H19NO/c16-14(11-5-2-1-3-6-11)15-12-7-4-8-13(15)10-9-12/h1-2,4,7,11-13H,3,5-6,8-10H2. The highest BCUT2D eigenvalue weighted by Gasteiger charge is 2.39. The molecule has 0 radical (unpaired) electrons. The van der Waals surface area contributed by atoms with Crippen molar-refractivity contribution >= 4 is 5.91 Å². The lowest BCUT2D eigenvalue weighted by Crippen LogP contribution is -2.45. The van der Waals surface area contributed by atoms with Gasteiger partial charge in [0, 0.05) is 12.0 Å². The van der Waals surface area contributed by atoms with Crippen LogP contribution >= 0.6 is 0 Å². The number of amides is 1. The molecule has 3 atom stereocenters. The average molecular weight is 217 g/mol. The van der Waals surface area contributed by atoms with Crippen LogP contribution in [0.25, 0.3) is 0 Å². The Kier molecular flexibility index (Phi) is 2.58. The molecule has 1 amide bonds. The van der Waals surface area contributed by atoms with Gasteiger partial charge < -0.3 is 4.90 Å². The van der Waals surface area contributed by atoms with Crippen molar-refractivity contribution in [3.63, 3.8) is 0 Å². The van der Waals surface area contributed by atoms with Crippen LogP contribution in [0, 0.1) is 5.92 Å². The number of carbonyl (C=O) groups is 1. The van der Waals surface area contributed by atoms with Gasteiger partial charge in [-0.2, -0.15) is 0 Å². The lowest BCUT2D eigenvalue weighted by molar-refractivity contribution is -0.138. The van der Waals surface area contributed by atoms with E-state index in [0.717, 1.165) is 25.7 Å². The van der Waals surface area contributed by atoms with E-state index in [1.165, 1.54) is 12.8 Å². The fraction of sp³-hybridized carbons (Fsp3) is 0.643. The molecule has 0 saturated carbocycles. The molecule has 0 aromatic heterocycles. The molecule has 0 spiro atoms. The van der Waals surface area contributed by atoms with E-state index in [1.807, 2.05) is 0 Å². The minimum Gasteiger partial charge on any atom is -0.333 e. The van der Waals surface area contributed by atoms with Gasteiger partial charge >= 0.3 is 0 Å². The van der Waals surface area contributed by atoms with Gasteiger partial charge in [0.05, 0.1) is 6.04 Å². The first-order valence-corrected chi connectivity index (χ1v) is 6.50. The van der Waals surface area contributed by atoms with E-state index in [0.29, 0.717) is 18.0 Å². The van der Waals surface area contributed by atoms with Gasteiger partial charge in [0.1, 0.15) is 0 Å². The number of carbonyl (C=O) groups excluding carboxylic acids is 1. The number of hydrogen-bond acceptors (Lipinski definition) is 1. The monoisotopic (exact) mass is 217 g/mol. The van der Waals surface area contributed by atoms with Crippen molar-refractivity contribution in [1.29, 1.82) is 0 Å². The molecular weight excluding hydrogens is 198 g/mol. The summed E-state index contributed by atoms with van der Waals surface area (Å²) in [5.74, 6) is 0.681. The normalized spacial score (nSPS) is 36.8. The molecule has 1 fully saturated rings. The minimum atomic E-state index is 0.264. The van der Waals surface area contributed by atoms with Crippen molar-refractivity contribution in [3.05, 3.63) is 24.3 Å². The average Bonchev–Trinajstić information content (AvgIpc) is 2.59. The molecule has 2 heterocycles. The molecule has 2 aliphatic heterocycles. The Hall–Kier alpha value is -1.05. The highest BCUT2D eigenvalue weighted by molar-refractivity contribution is 5.80. The van der Waals surface area contributed by atoms with Gasteiger partial charge in [-0.25, -0.2) is 0 Å². The highest BCUT2D eigenvalue weighted by atomic mass is 16.2. The van der Waals surface area contributed by atoms with Gasteiger partial charge in [-0.15, -0.1) is 0 Å². The van der Waals surface area contributed by atoms with E-state index in [2.05, 4.69) is 29.2 Å². The topological polar surface area (TPSA) is 20.3 Å². The first-order valence-electron chi connectivity index (χ1n) is 6.50. The second-order valence-corrected chi connectivity index (χ2v) is 5.19. The Bertz CT molecular complexity index is 345. The Morgan fingerprint density at radius 2 is 2.00 bits per heavy atom. The number of allylic oxidation sites excluding steroid dienone is 2. The summed E-state index contributed by atoms with van der Waals surface area (Å²) in [4.78, 5) is 14.7. The molecule has 0 aromatic rings. The molecule has 3 unspecified atom stereocenters. The molecule has 86 valence electrons. The van der Waals surface area contributed by atoms with E-state index >= 15 is 0 Å². The number of rotatable bonds is 1. The first kappa shape index (κ1) is 10.1. The maximum Gasteiger partial charge on any atom is 0.226 e. The zero-order valence-corrected chi connectivity index (χ0v) is 9.64. The molecule has 2 heteroatoms. The smallest absolute Gasteiger partial charge is 0.226 e. The summed E-state index contributed by atoms with van der Waals surface area (Å²) < 4.78 is 0. The van der Waals surface area contributed by atoms with E-state index in [1.54, 1.807) is 0 Å². The van der Waals surface area contributed by atoms with Crippen LogP contribution in [0.4, 0.5) is 0 Å². The van der Waals surface area contributed by atoms with E-state index in [4.69, 9.17) is 0 Å². The van der Waals surface area contributed by atoms with Gasteiger partial charge in [0.15, 0.2) is 0 Å². The third-order valence-electron chi connectivity index (χ3n) is 4.19. The third kappa shape index (κ3) is 1.60. The Labute approximate surface area is 97.0 Å². The Morgan fingerprint density at radius 3 is 2.75 bits per heavy atom. The van der Waals surface area contributed by atoms with Gasteiger partial charge in [-0.3, -0.25) is 4.79 Å². The SMILES string of the molecule is O=C(C1CC=CCC1)N1C2C=CCC1CC2. The number of hydrogen-bond donors (Lipinski definition) is 0. The number of fused-ring (bicyclic) bond motifs is 2. The fourth-order valence-corrected chi connectivity index (χ4v) is 3.30. The number of nitrogens with zero attached hydrogens (tertiary/aromatic N) is 1. The van der Waals surface area contributed by atoms with Crippen molar-refractivity contribution < 1.29 is 4.79 Å². The second kappa shape index (κ2) is 4.08. The fourth-order valence-electron chi connectivity index (χ4n) is 3.30.